The van der Waals surface area contributed by atoms with Gasteiger partial charge in [0.1, 0.15) is 11.9 Å². The highest BCUT2D eigenvalue weighted by atomic mass is 35.6. The lowest BCUT2D eigenvalue weighted by Gasteiger charge is -2.27. The predicted molar refractivity (Wildman–Crippen MR) is 101 cm³/mol. The number of amides is 1. The molecule has 0 radical (unpaired) electrons. The zero-order chi connectivity index (χ0) is 19.3. The minimum Gasteiger partial charge on any atom is -0.497 e. The summed E-state index contributed by atoms with van der Waals surface area (Å²) in [5.41, 5.74) is 0.496. The maximum atomic E-state index is 12.4. The normalized spacial score (nSPS) is 12.2. The van der Waals surface area contributed by atoms with E-state index in [9.17, 15) is 14.9 Å². The number of carbonyl (C=O) groups excluding carboxylic acids is 1. The van der Waals surface area contributed by atoms with Gasteiger partial charge in [0.25, 0.3) is 11.6 Å². The molecule has 0 bridgehead atoms. The summed E-state index contributed by atoms with van der Waals surface area (Å²) in [6, 6.07) is 12.0. The van der Waals surface area contributed by atoms with Crippen molar-refractivity contribution in [3.63, 3.8) is 0 Å². The van der Waals surface area contributed by atoms with Crippen LogP contribution in [0.15, 0.2) is 48.5 Å². The Morgan fingerprint density at radius 2 is 1.85 bits per heavy atom. The van der Waals surface area contributed by atoms with Crippen LogP contribution in [0.4, 0.5) is 11.4 Å². The molecule has 1 atom stereocenters. The molecule has 2 rings (SSSR count). The lowest BCUT2D eigenvalue weighted by molar-refractivity contribution is -0.384. The summed E-state index contributed by atoms with van der Waals surface area (Å²) < 4.78 is 3.12. The van der Waals surface area contributed by atoms with Crippen molar-refractivity contribution < 1.29 is 14.5 Å². The lowest BCUT2D eigenvalue weighted by Crippen LogP contribution is -2.49. The SMILES string of the molecule is COc1ccc(C(=O)N[C@@H](Nc2cccc([N+](=O)[O-])c2)C(Cl)(Cl)Cl)cc1. The summed E-state index contributed by atoms with van der Waals surface area (Å²) in [7, 11) is 1.51. The number of nitro benzene ring substituents is 1. The topological polar surface area (TPSA) is 93.5 Å². The lowest BCUT2D eigenvalue weighted by atomic mass is 10.2. The molecule has 0 aliphatic rings. The Morgan fingerprint density at radius 3 is 2.38 bits per heavy atom. The molecule has 0 aliphatic heterocycles. The van der Waals surface area contributed by atoms with Gasteiger partial charge in [0.2, 0.25) is 3.79 Å². The van der Waals surface area contributed by atoms with Crippen molar-refractivity contribution in [3.05, 3.63) is 64.2 Å². The van der Waals surface area contributed by atoms with E-state index in [0.29, 0.717) is 17.0 Å². The molecule has 2 aromatic rings. The minimum atomic E-state index is -1.91. The summed E-state index contributed by atoms with van der Waals surface area (Å²) in [6.45, 7) is 0. The van der Waals surface area contributed by atoms with Gasteiger partial charge in [0.15, 0.2) is 0 Å². The van der Waals surface area contributed by atoms with Gasteiger partial charge >= 0.3 is 0 Å². The molecule has 0 heterocycles. The first-order valence-electron chi connectivity index (χ1n) is 7.23. The molecule has 138 valence electrons. The average molecular weight is 419 g/mol. The largest absolute Gasteiger partial charge is 0.497 e. The molecule has 10 heteroatoms. The van der Waals surface area contributed by atoms with Crippen molar-refractivity contribution in [2.45, 2.75) is 9.96 Å². The molecule has 0 aromatic heterocycles. The number of benzene rings is 2. The van der Waals surface area contributed by atoms with Gasteiger partial charge in [-0.1, -0.05) is 40.9 Å². The van der Waals surface area contributed by atoms with Crippen LogP contribution in [-0.2, 0) is 0 Å². The van der Waals surface area contributed by atoms with Crippen LogP contribution in [-0.4, -0.2) is 27.9 Å². The van der Waals surface area contributed by atoms with Gasteiger partial charge < -0.3 is 15.4 Å². The quantitative estimate of drug-likeness (QED) is 0.318. The van der Waals surface area contributed by atoms with E-state index in [0.717, 1.165) is 0 Å². The fraction of sp³-hybridized carbons (Fsp3) is 0.188. The Labute approximate surface area is 164 Å². The first kappa shape index (κ1) is 20.1. The number of anilines is 1. The van der Waals surface area contributed by atoms with E-state index in [1.54, 1.807) is 30.3 Å². The number of hydrogen-bond acceptors (Lipinski definition) is 5. The van der Waals surface area contributed by atoms with E-state index in [-0.39, 0.29) is 5.69 Å². The smallest absolute Gasteiger partial charge is 0.271 e. The van der Waals surface area contributed by atoms with E-state index in [1.807, 2.05) is 0 Å². The minimum absolute atomic E-state index is 0.139. The van der Waals surface area contributed by atoms with Crippen LogP contribution in [0.2, 0.25) is 0 Å². The number of carbonyl (C=O) groups is 1. The molecule has 0 unspecified atom stereocenters. The third-order valence-electron chi connectivity index (χ3n) is 3.32. The van der Waals surface area contributed by atoms with Crippen molar-refractivity contribution in [1.82, 2.24) is 5.32 Å². The number of nitro groups is 1. The molecule has 2 aromatic carbocycles. The van der Waals surface area contributed by atoms with Gasteiger partial charge in [-0.15, -0.1) is 0 Å². The fourth-order valence-corrected chi connectivity index (χ4v) is 2.36. The zero-order valence-corrected chi connectivity index (χ0v) is 15.7. The Bertz CT molecular complexity index is 794. The molecule has 0 aliphatic carbocycles. The van der Waals surface area contributed by atoms with Gasteiger partial charge in [-0.25, -0.2) is 0 Å². The highest BCUT2D eigenvalue weighted by Gasteiger charge is 2.34. The van der Waals surface area contributed by atoms with E-state index in [1.165, 1.54) is 25.3 Å². The van der Waals surface area contributed by atoms with Crippen molar-refractivity contribution in [2.24, 2.45) is 0 Å². The molecule has 2 N–H and O–H groups in total. The van der Waals surface area contributed by atoms with Crippen LogP contribution < -0.4 is 15.4 Å². The van der Waals surface area contributed by atoms with Crippen molar-refractivity contribution in [3.8, 4) is 5.75 Å². The molecule has 0 spiro atoms. The van der Waals surface area contributed by atoms with Crippen LogP contribution >= 0.6 is 34.8 Å². The first-order valence-corrected chi connectivity index (χ1v) is 8.36. The highest BCUT2D eigenvalue weighted by molar-refractivity contribution is 6.68. The van der Waals surface area contributed by atoms with E-state index < -0.39 is 20.8 Å². The molecule has 0 saturated heterocycles. The number of halogens is 3. The first-order chi connectivity index (χ1) is 12.2. The highest BCUT2D eigenvalue weighted by Crippen LogP contribution is 2.32. The summed E-state index contributed by atoms with van der Waals surface area (Å²) in [5.74, 6) is 0.0936. The maximum Gasteiger partial charge on any atom is 0.271 e. The number of hydrogen-bond donors (Lipinski definition) is 2. The molecule has 0 fully saturated rings. The Balaban J connectivity index is 2.18. The number of non-ortho nitro benzene ring substituents is 1. The molecule has 1 amide bonds. The van der Waals surface area contributed by atoms with E-state index >= 15 is 0 Å². The molecule has 0 saturated carbocycles. The number of alkyl halides is 3. The standard InChI is InChI=1S/C16H14Cl3N3O4/c1-26-13-7-5-10(6-8-13)14(23)21-15(16(17,18)19)20-11-3-2-4-12(9-11)22(24)25/h2-9,15,20H,1H3,(H,21,23)/t15-/m1/s1. The van der Waals surface area contributed by atoms with Crippen LogP contribution in [0.5, 0.6) is 5.75 Å². The summed E-state index contributed by atoms with van der Waals surface area (Å²) in [4.78, 5) is 22.7. The van der Waals surface area contributed by atoms with Gasteiger partial charge in [0, 0.05) is 23.4 Å². The maximum absolute atomic E-state index is 12.4. The summed E-state index contributed by atoms with van der Waals surface area (Å²) in [6.07, 6.45) is -1.14. The van der Waals surface area contributed by atoms with Crippen molar-refractivity contribution in [1.29, 1.82) is 0 Å². The second-order valence-electron chi connectivity index (χ2n) is 5.13. The Kier molecular flexibility index (Phi) is 6.52. The molecule has 7 nitrogen and oxygen atoms in total. The van der Waals surface area contributed by atoms with Crippen LogP contribution in [0.1, 0.15) is 10.4 Å². The summed E-state index contributed by atoms with van der Waals surface area (Å²) >= 11 is 17.8. The van der Waals surface area contributed by atoms with Gasteiger partial charge in [-0.2, -0.15) is 0 Å². The van der Waals surface area contributed by atoms with E-state index in [4.69, 9.17) is 39.5 Å². The second-order valence-corrected chi connectivity index (χ2v) is 7.50. The van der Waals surface area contributed by atoms with Crippen molar-refractivity contribution >= 4 is 52.1 Å². The number of nitrogens with one attached hydrogen (secondary N) is 2. The van der Waals surface area contributed by atoms with E-state index in [2.05, 4.69) is 10.6 Å². The average Bonchev–Trinajstić information content (AvgIpc) is 2.60. The fourth-order valence-electron chi connectivity index (χ4n) is 2.03. The molecule has 26 heavy (non-hydrogen) atoms. The Hall–Kier alpha value is -2.22. The van der Waals surface area contributed by atoms with Gasteiger partial charge in [-0.3, -0.25) is 14.9 Å². The van der Waals surface area contributed by atoms with Crippen molar-refractivity contribution in [2.75, 3.05) is 12.4 Å². The Morgan fingerprint density at radius 1 is 1.19 bits per heavy atom. The number of nitrogens with zero attached hydrogens (tertiary/aromatic N) is 1. The van der Waals surface area contributed by atoms with Crippen LogP contribution in [0.25, 0.3) is 0 Å². The monoisotopic (exact) mass is 417 g/mol. The van der Waals surface area contributed by atoms with Crippen LogP contribution in [0.3, 0.4) is 0 Å². The molecular weight excluding hydrogens is 405 g/mol. The zero-order valence-electron chi connectivity index (χ0n) is 13.4. The number of rotatable bonds is 6. The van der Waals surface area contributed by atoms with Crippen LogP contribution in [0, 0.1) is 10.1 Å². The third-order valence-corrected chi connectivity index (χ3v) is 3.98. The predicted octanol–water partition coefficient (Wildman–Crippen LogP) is 4.14. The van der Waals surface area contributed by atoms with Gasteiger partial charge in [-0.05, 0) is 30.3 Å². The number of methoxy groups -OCH3 is 1. The van der Waals surface area contributed by atoms with Gasteiger partial charge in [0.05, 0.1) is 12.0 Å². The molecular formula is C16H14Cl3N3O4. The second kappa shape index (κ2) is 8.44. The third kappa shape index (κ3) is 5.39. The number of ether oxygens (including phenoxy) is 1. The summed E-state index contributed by atoms with van der Waals surface area (Å²) in [5, 5.41) is 16.2.